The number of amides is 1. The fraction of sp³-hybridized carbons (Fsp3) is 0.441. The summed E-state index contributed by atoms with van der Waals surface area (Å²) in [6, 6.07) is 24.7. The largest absolute Gasteiger partial charge is 1.00 e. The van der Waals surface area contributed by atoms with E-state index in [1.165, 1.54) is 18.4 Å². The maximum absolute atomic E-state index is 13.3. The molecule has 0 aromatic heterocycles. The summed E-state index contributed by atoms with van der Waals surface area (Å²) in [5, 5.41) is 1.11. The van der Waals surface area contributed by atoms with Crippen molar-refractivity contribution in [2.75, 3.05) is 40.3 Å². The Labute approximate surface area is 273 Å². The van der Waals surface area contributed by atoms with Crippen molar-refractivity contribution in [2.24, 2.45) is 0 Å². The number of ether oxygens (including phenoxy) is 1. The number of benzene rings is 3. The lowest BCUT2D eigenvalue weighted by atomic mass is 9.87. The number of piperidine rings is 1. The summed E-state index contributed by atoms with van der Waals surface area (Å²) in [6.07, 6.45) is 3.81. The van der Waals surface area contributed by atoms with Gasteiger partial charge in [-0.2, -0.15) is 0 Å². The zero-order chi connectivity index (χ0) is 28.7. The van der Waals surface area contributed by atoms with Crippen LogP contribution >= 0.6 is 23.2 Å². The molecule has 1 atom stereocenters. The molecule has 0 spiro atoms. The molecule has 0 radical (unpaired) electrons. The minimum Gasteiger partial charge on any atom is -1.00 e. The van der Waals surface area contributed by atoms with Crippen molar-refractivity contribution in [1.29, 1.82) is 0 Å². The van der Waals surface area contributed by atoms with Gasteiger partial charge in [-0.05, 0) is 60.7 Å². The van der Waals surface area contributed by atoms with Crippen molar-refractivity contribution in [3.63, 3.8) is 0 Å². The second-order valence-electron chi connectivity index (χ2n) is 11.9. The van der Waals surface area contributed by atoms with E-state index in [0.717, 1.165) is 47.4 Å². The first kappa shape index (κ1) is 33.7. The van der Waals surface area contributed by atoms with Gasteiger partial charge in [-0.3, -0.25) is 4.79 Å². The fourth-order valence-electron chi connectivity index (χ4n) is 5.81. The van der Waals surface area contributed by atoms with Crippen LogP contribution in [0.1, 0.15) is 61.6 Å². The predicted molar refractivity (Wildman–Crippen MR) is 167 cm³/mol. The maximum Gasteiger partial charge on any atom is 0.226 e. The summed E-state index contributed by atoms with van der Waals surface area (Å²) in [5.41, 5.74) is 3.55. The number of likely N-dealkylation sites (N-methyl/N-ethyl adjacent to an activating group) is 1. The molecule has 1 heterocycles. The number of hydrogen-bond donors (Lipinski definition) is 0. The first-order chi connectivity index (χ1) is 19.1. The Morgan fingerprint density at radius 3 is 2.34 bits per heavy atom. The summed E-state index contributed by atoms with van der Waals surface area (Å²) in [7, 11) is 4.29. The predicted octanol–water partition coefficient (Wildman–Crippen LogP) is 4.98. The molecule has 1 amide bonds. The molecule has 1 saturated heterocycles. The van der Waals surface area contributed by atoms with Crippen molar-refractivity contribution < 1.29 is 38.0 Å². The fourth-order valence-corrected chi connectivity index (χ4v) is 6.12. The van der Waals surface area contributed by atoms with Crippen molar-refractivity contribution in [2.45, 2.75) is 57.5 Å². The van der Waals surface area contributed by atoms with Crippen molar-refractivity contribution in [3.8, 4) is 5.75 Å². The topological polar surface area (TPSA) is 29.5 Å². The number of carbonyl (C=O) groups is 1. The highest BCUT2D eigenvalue weighted by Crippen LogP contribution is 2.33. The number of likely N-dealkylation sites (tertiary alicyclic amines) is 1. The van der Waals surface area contributed by atoms with Gasteiger partial charge in [-0.1, -0.05) is 71.7 Å². The third kappa shape index (κ3) is 9.87. The monoisotopic (exact) mass is 708 g/mol. The Morgan fingerprint density at radius 1 is 0.976 bits per heavy atom. The molecule has 4 rings (SSSR count). The standard InChI is InChI=1S/C34H43Cl2N2O2.HI/c1-25(2)40-31-12-8-9-26(21-31)22-34(39)37(3)24-30(29-13-14-32(35)33(36)23-29)17-20-38(4)18-15-28(16-19-38)27-10-6-5-7-11-27;/h5-14,21,23,25,28,30H,15-20,22,24H2,1-4H3;1H/q+1;/p-1. The smallest absolute Gasteiger partial charge is 0.226 e. The summed E-state index contributed by atoms with van der Waals surface area (Å²) >= 11 is 12.7. The highest BCUT2D eigenvalue weighted by atomic mass is 127. The van der Waals surface area contributed by atoms with E-state index in [9.17, 15) is 4.79 Å². The molecule has 0 aliphatic carbocycles. The van der Waals surface area contributed by atoms with Gasteiger partial charge in [-0.25, -0.2) is 0 Å². The van der Waals surface area contributed by atoms with E-state index in [4.69, 9.17) is 27.9 Å². The highest BCUT2D eigenvalue weighted by Gasteiger charge is 2.32. The molecular weight excluding hydrogens is 666 g/mol. The Bertz CT molecular complexity index is 1260. The number of halogens is 3. The van der Waals surface area contributed by atoms with Gasteiger partial charge in [0.2, 0.25) is 5.91 Å². The van der Waals surface area contributed by atoms with Gasteiger partial charge >= 0.3 is 0 Å². The summed E-state index contributed by atoms with van der Waals surface area (Å²) in [6.45, 7) is 8.02. The van der Waals surface area contributed by atoms with E-state index in [0.29, 0.717) is 28.9 Å². The average molecular weight is 710 g/mol. The minimum absolute atomic E-state index is 0. The number of carbonyl (C=O) groups excluding carboxylic acids is 1. The Morgan fingerprint density at radius 2 is 1.68 bits per heavy atom. The van der Waals surface area contributed by atoms with Crippen LogP contribution in [0, 0.1) is 0 Å². The first-order valence-corrected chi connectivity index (χ1v) is 15.2. The van der Waals surface area contributed by atoms with Crippen LogP contribution in [0.25, 0.3) is 0 Å². The molecule has 1 aliphatic heterocycles. The molecule has 1 aliphatic rings. The van der Waals surface area contributed by atoms with Gasteiger partial charge in [0.1, 0.15) is 5.75 Å². The van der Waals surface area contributed by atoms with E-state index in [1.54, 1.807) is 0 Å². The number of hydrogen-bond acceptors (Lipinski definition) is 2. The first-order valence-electron chi connectivity index (χ1n) is 14.4. The van der Waals surface area contributed by atoms with Crippen LogP contribution in [0.5, 0.6) is 5.75 Å². The number of rotatable bonds is 11. The quantitative estimate of drug-likeness (QED) is 0.208. The van der Waals surface area contributed by atoms with Crippen LogP contribution < -0.4 is 28.7 Å². The van der Waals surface area contributed by atoms with E-state index in [1.807, 2.05) is 62.2 Å². The van der Waals surface area contributed by atoms with Crippen molar-refractivity contribution in [3.05, 3.63) is 99.5 Å². The lowest BCUT2D eigenvalue weighted by Gasteiger charge is -2.41. The molecule has 0 saturated carbocycles. The van der Waals surface area contributed by atoms with E-state index in [-0.39, 0.29) is 41.9 Å². The third-order valence-electron chi connectivity index (χ3n) is 8.28. The van der Waals surface area contributed by atoms with E-state index in [2.05, 4.69) is 43.4 Å². The van der Waals surface area contributed by atoms with Gasteiger partial charge in [0.05, 0.1) is 49.3 Å². The average Bonchev–Trinajstić information content (AvgIpc) is 2.93. The third-order valence-corrected chi connectivity index (χ3v) is 9.02. The molecule has 41 heavy (non-hydrogen) atoms. The zero-order valence-electron chi connectivity index (χ0n) is 24.7. The van der Waals surface area contributed by atoms with Crippen LogP contribution in [0.3, 0.4) is 0 Å². The van der Waals surface area contributed by atoms with Crippen LogP contribution in [-0.2, 0) is 11.2 Å². The van der Waals surface area contributed by atoms with Crippen LogP contribution in [-0.4, -0.2) is 61.7 Å². The van der Waals surface area contributed by atoms with Crippen molar-refractivity contribution >= 4 is 29.1 Å². The van der Waals surface area contributed by atoms with Crippen molar-refractivity contribution in [1.82, 2.24) is 4.90 Å². The molecule has 1 unspecified atom stereocenters. The second kappa shape index (κ2) is 15.6. The maximum atomic E-state index is 13.3. The molecule has 7 heteroatoms. The Balaban J connectivity index is 0.00000462. The molecule has 3 aromatic rings. The number of quaternary nitrogens is 1. The summed E-state index contributed by atoms with van der Waals surface area (Å²) in [4.78, 5) is 15.2. The molecule has 0 N–H and O–H groups in total. The highest BCUT2D eigenvalue weighted by molar-refractivity contribution is 6.42. The van der Waals surface area contributed by atoms with Gasteiger partial charge in [0, 0.05) is 38.8 Å². The number of nitrogens with zero attached hydrogens (tertiary/aromatic N) is 2. The molecule has 0 bridgehead atoms. The second-order valence-corrected chi connectivity index (χ2v) is 12.7. The molecule has 1 fully saturated rings. The SMILES string of the molecule is CC(C)Oc1cccc(CC(=O)N(C)CC(CC[N+]2(C)CCC(c3ccccc3)CC2)c2ccc(Cl)c(Cl)c2)c1.[I-]. The lowest BCUT2D eigenvalue weighted by molar-refractivity contribution is -0.914. The molecule has 4 nitrogen and oxygen atoms in total. The Hall–Kier alpha value is -1.80. The van der Waals surface area contributed by atoms with Gasteiger partial charge < -0.3 is 38.1 Å². The summed E-state index contributed by atoms with van der Waals surface area (Å²) < 4.78 is 6.88. The molecule has 3 aromatic carbocycles. The van der Waals surface area contributed by atoms with Crippen LogP contribution in [0.2, 0.25) is 10.0 Å². The van der Waals surface area contributed by atoms with Crippen LogP contribution in [0.15, 0.2) is 72.8 Å². The van der Waals surface area contributed by atoms with Crippen LogP contribution in [0.4, 0.5) is 0 Å². The normalized spacial score (nSPS) is 19.3. The molecular formula is C34H43Cl2IN2O2. The lowest BCUT2D eigenvalue weighted by Crippen LogP contribution is -3.00. The van der Waals surface area contributed by atoms with E-state index < -0.39 is 0 Å². The van der Waals surface area contributed by atoms with Gasteiger partial charge in [0.15, 0.2) is 0 Å². The van der Waals surface area contributed by atoms with E-state index >= 15 is 0 Å². The van der Waals surface area contributed by atoms with Gasteiger partial charge in [0.25, 0.3) is 0 Å². The molecule has 222 valence electrons. The minimum atomic E-state index is 0. The van der Waals surface area contributed by atoms with Gasteiger partial charge in [-0.15, -0.1) is 0 Å². The summed E-state index contributed by atoms with van der Waals surface area (Å²) in [5.74, 6) is 1.70. The zero-order valence-corrected chi connectivity index (χ0v) is 28.3. The Kier molecular flexibility index (Phi) is 12.8.